The van der Waals surface area contributed by atoms with E-state index in [0.717, 1.165) is 10.9 Å². The monoisotopic (exact) mass is 451 g/mol. The van der Waals surface area contributed by atoms with Crippen molar-refractivity contribution < 1.29 is 14.3 Å². The number of hydrogen-bond donors (Lipinski definition) is 1. The number of carbonyl (C=O) groups is 2. The van der Waals surface area contributed by atoms with Gasteiger partial charge in [-0.25, -0.2) is 0 Å². The molecule has 2 heterocycles. The normalized spacial score (nSPS) is 15.1. The van der Waals surface area contributed by atoms with Crippen LogP contribution in [0.3, 0.4) is 0 Å². The van der Waals surface area contributed by atoms with Gasteiger partial charge in [-0.05, 0) is 72.4 Å². The van der Waals surface area contributed by atoms with E-state index in [4.69, 9.17) is 17.0 Å². The molecule has 0 atom stereocenters. The third-order valence-electron chi connectivity index (χ3n) is 5.10. The molecule has 160 valence electrons. The number of para-hydroxylation sites is 2. The van der Waals surface area contributed by atoms with Crippen molar-refractivity contribution in [2.45, 2.75) is 0 Å². The molecule has 33 heavy (non-hydrogen) atoms. The summed E-state index contributed by atoms with van der Waals surface area (Å²) in [5.74, 6) is 0.269. The Kier molecular flexibility index (Phi) is 5.38. The second-order valence-corrected chi connectivity index (χ2v) is 7.71. The standard InChI is InChI=1S/C26H17N3O3S/c30-24-22(15-17-14-18-6-4-5-9-23(18)27-16-17)25(31)29(26(33)28-24)19-10-12-21(13-11-19)32-20-7-2-1-3-8-20/h1-16H,(H,28,30,33). The highest BCUT2D eigenvalue weighted by molar-refractivity contribution is 7.80. The van der Waals surface area contributed by atoms with E-state index in [0.29, 0.717) is 22.7 Å². The number of anilines is 1. The van der Waals surface area contributed by atoms with Crippen molar-refractivity contribution in [1.29, 1.82) is 0 Å². The number of hydrogen-bond acceptors (Lipinski definition) is 5. The van der Waals surface area contributed by atoms with Gasteiger partial charge >= 0.3 is 0 Å². The largest absolute Gasteiger partial charge is 0.457 e. The van der Waals surface area contributed by atoms with E-state index in [2.05, 4.69) is 10.3 Å². The predicted molar refractivity (Wildman–Crippen MR) is 131 cm³/mol. The molecule has 0 saturated carbocycles. The Hall–Kier alpha value is -4.36. The zero-order chi connectivity index (χ0) is 22.8. The Morgan fingerprint density at radius 2 is 1.58 bits per heavy atom. The molecular weight excluding hydrogens is 434 g/mol. The van der Waals surface area contributed by atoms with Gasteiger partial charge in [-0.15, -0.1) is 0 Å². The Morgan fingerprint density at radius 1 is 0.879 bits per heavy atom. The smallest absolute Gasteiger partial charge is 0.270 e. The number of benzene rings is 3. The minimum Gasteiger partial charge on any atom is -0.457 e. The minimum absolute atomic E-state index is 0.0229. The molecule has 3 aromatic carbocycles. The first kappa shape index (κ1) is 20.5. The number of pyridine rings is 1. The van der Waals surface area contributed by atoms with E-state index in [1.54, 1.807) is 30.5 Å². The fourth-order valence-electron chi connectivity index (χ4n) is 3.51. The second-order valence-electron chi connectivity index (χ2n) is 7.33. The molecule has 0 unspecified atom stereocenters. The molecule has 0 aliphatic carbocycles. The molecule has 0 bridgehead atoms. The molecule has 0 spiro atoms. The average molecular weight is 452 g/mol. The summed E-state index contributed by atoms with van der Waals surface area (Å²) < 4.78 is 5.80. The molecule has 1 saturated heterocycles. The number of rotatable bonds is 4. The lowest BCUT2D eigenvalue weighted by Crippen LogP contribution is -2.54. The molecular formula is C26H17N3O3S. The second kappa shape index (κ2) is 8.64. The molecule has 5 rings (SSSR count). The molecule has 7 heteroatoms. The van der Waals surface area contributed by atoms with E-state index in [-0.39, 0.29) is 10.7 Å². The van der Waals surface area contributed by atoms with Crippen molar-refractivity contribution in [3.05, 3.63) is 102 Å². The zero-order valence-corrected chi connectivity index (χ0v) is 18.1. The van der Waals surface area contributed by atoms with E-state index in [1.165, 1.54) is 11.0 Å². The van der Waals surface area contributed by atoms with Gasteiger partial charge in [-0.2, -0.15) is 0 Å². The average Bonchev–Trinajstić information content (AvgIpc) is 2.83. The molecule has 1 aliphatic rings. The predicted octanol–water partition coefficient (Wildman–Crippen LogP) is 4.86. The fraction of sp³-hybridized carbons (Fsp3) is 0. The van der Waals surface area contributed by atoms with Crippen LogP contribution in [0.15, 0.2) is 96.7 Å². The lowest BCUT2D eigenvalue weighted by molar-refractivity contribution is -0.122. The number of carbonyl (C=O) groups excluding carboxylic acids is 2. The van der Waals surface area contributed by atoms with E-state index < -0.39 is 11.8 Å². The Labute approximate surface area is 195 Å². The Balaban J connectivity index is 1.43. The summed E-state index contributed by atoms with van der Waals surface area (Å²) in [5.41, 5.74) is 1.98. The number of amides is 2. The van der Waals surface area contributed by atoms with Crippen molar-refractivity contribution in [3.63, 3.8) is 0 Å². The summed E-state index contributed by atoms with van der Waals surface area (Å²) in [6.45, 7) is 0. The van der Waals surface area contributed by atoms with Gasteiger partial charge in [-0.1, -0.05) is 36.4 Å². The molecule has 1 aliphatic heterocycles. The first-order valence-corrected chi connectivity index (χ1v) is 10.6. The summed E-state index contributed by atoms with van der Waals surface area (Å²) in [4.78, 5) is 31.5. The molecule has 4 aromatic rings. The van der Waals surface area contributed by atoms with Crippen LogP contribution in [0.25, 0.3) is 17.0 Å². The zero-order valence-electron chi connectivity index (χ0n) is 17.3. The molecule has 2 amide bonds. The van der Waals surface area contributed by atoms with E-state index in [1.807, 2.05) is 60.7 Å². The van der Waals surface area contributed by atoms with Gasteiger partial charge in [0.1, 0.15) is 17.1 Å². The van der Waals surface area contributed by atoms with E-state index in [9.17, 15) is 9.59 Å². The molecule has 1 aromatic heterocycles. The summed E-state index contributed by atoms with van der Waals surface area (Å²) >= 11 is 5.28. The minimum atomic E-state index is -0.543. The molecule has 6 nitrogen and oxygen atoms in total. The fourth-order valence-corrected chi connectivity index (χ4v) is 3.79. The van der Waals surface area contributed by atoms with Gasteiger partial charge in [0.2, 0.25) is 0 Å². The van der Waals surface area contributed by atoms with Gasteiger partial charge in [0.25, 0.3) is 11.8 Å². The van der Waals surface area contributed by atoms with Crippen molar-refractivity contribution >= 4 is 51.8 Å². The quantitative estimate of drug-likeness (QED) is 0.273. The third kappa shape index (κ3) is 4.22. The third-order valence-corrected chi connectivity index (χ3v) is 5.38. The number of ether oxygens (including phenoxy) is 1. The summed E-state index contributed by atoms with van der Waals surface area (Å²) in [6.07, 6.45) is 3.15. The maximum absolute atomic E-state index is 13.2. The lowest BCUT2D eigenvalue weighted by atomic mass is 10.1. The highest BCUT2D eigenvalue weighted by atomic mass is 32.1. The SMILES string of the molecule is O=C1NC(=S)N(c2ccc(Oc3ccccc3)cc2)C(=O)C1=Cc1cnc2ccccc2c1. The maximum Gasteiger partial charge on any atom is 0.270 e. The summed E-state index contributed by atoms with van der Waals surface area (Å²) in [5, 5.41) is 3.54. The molecule has 0 radical (unpaired) electrons. The van der Waals surface area contributed by atoms with Gasteiger partial charge < -0.3 is 4.74 Å². The molecule has 1 N–H and O–H groups in total. The van der Waals surface area contributed by atoms with Crippen LogP contribution < -0.4 is 15.0 Å². The topological polar surface area (TPSA) is 71.5 Å². The van der Waals surface area contributed by atoms with Crippen LogP contribution in [0.5, 0.6) is 11.5 Å². The molecule has 1 fully saturated rings. The highest BCUT2D eigenvalue weighted by Crippen LogP contribution is 2.27. The number of aromatic nitrogens is 1. The number of fused-ring (bicyclic) bond motifs is 1. The van der Waals surface area contributed by atoms with E-state index >= 15 is 0 Å². The van der Waals surface area contributed by atoms with Crippen LogP contribution in [-0.2, 0) is 9.59 Å². The van der Waals surface area contributed by atoms with Crippen LogP contribution in [0.2, 0.25) is 0 Å². The van der Waals surface area contributed by atoms with Gasteiger partial charge in [0.05, 0.1) is 11.2 Å². The summed E-state index contributed by atoms with van der Waals surface area (Å²) in [6, 6.07) is 25.8. The van der Waals surface area contributed by atoms with Gasteiger partial charge in [0, 0.05) is 11.6 Å². The van der Waals surface area contributed by atoms with Crippen LogP contribution >= 0.6 is 12.2 Å². The Bertz CT molecular complexity index is 1420. The van der Waals surface area contributed by atoms with Crippen LogP contribution in [0.1, 0.15) is 5.56 Å². The maximum atomic E-state index is 13.2. The van der Waals surface area contributed by atoms with Crippen molar-refractivity contribution in [1.82, 2.24) is 10.3 Å². The van der Waals surface area contributed by atoms with Crippen LogP contribution in [0, 0.1) is 0 Å². The van der Waals surface area contributed by atoms with Crippen LogP contribution in [0.4, 0.5) is 5.69 Å². The van der Waals surface area contributed by atoms with Gasteiger partial charge in [-0.3, -0.25) is 24.8 Å². The van der Waals surface area contributed by atoms with Crippen LogP contribution in [-0.4, -0.2) is 21.9 Å². The first-order chi connectivity index (χ1) is 16.1. The number of thiocarbonyl (C=S) groups is 1. The Morgan fingerprint density at radius 3 is 2.36 bits per heavy atom. The van der Waals surface area contributed by atoms with Crippen molar-refractivity contribution in [3.8, 4) is 11.5 Å². The highest BCUT2D eigenvalue weighted by Gasteiger charge is 2.34. The summed E-state index contributed by atoms with van der Waals surface area (Å²) in [7, 11) is 0. The number of nitrogens with zero attached hydrogens (tertiary/aromatic N) is 2. The number of nitrogens with one attached hydrogen (secondary N) is 1. The van der Waals surface area contributed by atoms with Gasteiger partial charge in [0.15, 0.2) is 5.11 Å². The first-order valence-electron chi connectivity index (χ1n) is 10.2. The van der Waals surface area contributed by atoms with Crippen molar-refractivity contribution in [2.75, 3.05) is 4.90 Å². The van der Waals surface area contributed by atoms with Crippen molar-refractivity contribution in [2.24, 2.45) is 0 Å². The lowest BCUT2D eigenvalue weighted by Gasteiger charge is -2.29.